The van der Waals surface area contributed by atoms with Crippen LogP contribution in [0, 0.1) is 0 Å². The normalized spacial score (nSPS) is 31.5. The van der Waals surface area contributed by atoms with Gasteiger partial charge >= 0.3 is 0 Å². The Morgan fingerprint density at radius 1 is 1.32 bits per heavy atom. The summed E-state index contributed by atoms with van der Waals surface area (Å²) in [6.07, 6.45) is 9.80. The molecule has 0 saturated carbocycles. The standard InChI is InChI=1S/C16H26N2O/c1-2-8-17-13-10-14-5-3-6-15(11-13)18(14)12-16-7-4-9-19-16/h4,7,9,13-15,17H,2-3,5-6,8,10-12H2,1H3. The zero-order chi connectivity index (χ0) is 13.1. The first-order chi connectivity index (χ1) is 9.36. The number of fused-ring (bicyclic) bond motifs is 2. The third-order valence-corrected chi connectivity index (χ3v) is 4.73. The van der Waals surface area contributed by atoms with E-state index in [-0.39, 0.29) is 0 Å². The van der Waals surface area contributed by atoms with Gasteiger partial charge in [0.05, 0.1) is 12.8 Å². The Balaban J connectivity index is 1.63. The monoisotopic (exact) mass is 262 g/mol. The average Bonchev–Trinajstić information content (AvgIpc) is 2.89. The van der Waals surface area contributed by atoms with E-state index in [1.165, 1.54) is 45.1 Å². The highest BCUT2D eigenvalue weighted by molar-refractivity contribution is 5.02. The molecule has 19 heavy (non-hydrogen) atoms. The molecule has 3 heterocycles. The van der Waals surface area contributed by atoms with E-state index in [1.54, 1.807) is 6.26 Å². The van der Waals surface area contributed by atoms with Crippen molar-refractivity contribution in [2.75, 3.05) is 6.54 Å². The molecule has 1 N–H and O–H groups in total. The molecular formula is C16H26N2O. The summed E-state index contributed by atoms with van der Waals surface area (Å²) in [7, 11) is 0. The van der Waals surface area contributed by atoms with E-state index in [1.807, 2.05) is 6.07 Å². The molecule has 0 spiro atoms. The molecule has 1 aromatic rings. The molecule has 2 saturated heterocycles. The van der Waals surface area contributed by atoms with Crippen molar-refractivity contribution in [2.45, 2.75) is 70.1 Å². The molecule has 1 aromatic heterocycles. The van der Waals surface area contributed by atoms with Crippen LogP contribution in [0.25, 0.3) is 0 Å². The SMILES string of the molecule is CCCNC1CC2CCCC(C1)N2Cc1ccco1. The van der Waals surface area contributed by atoms with Crippen molar-refractivity contribution in [3.8, 4) is 0 Å². The van der Waals surface area contributed by atoms with Crippen molar-refractivity contribution >= 4 is 0 Å². The number of hydrogen-bond donors (Lipinski definition) is 1. The highest BCUT2D eigenvalue weighted by atomic mass is 16.3. The van der Waals surface area contributed by atoms with Gasteiger partial charge in [-0.2, -0.15) is 0 Å². The van der Waals surface area contributed by atoms with Gasteiger partial charge in [0.1, 0.15) is 5.76 Å². The molecule has 2 aliphatic rings. The van der Waals surface area contributed by atoms with Crippen molar-refractivity contribution < 1.29 is 4.42 Å². The van der Waals surface area contributed by atoms with Gasteiger partial charge in [-0.3, -0.25) is 4.90 Å². The minimum absolute atomic E-state index is 0.739. The van der Waals surface area contributed by atoms with Crippen molar-refractivity contribution in [1.82, 2.24) is 10.2 Å². The molecule has 0 radical (unpaired) electrons. The van der Waals surface area contributed by atoms with Gasteiger partial charge < -0.3 is 9.73 Å². The van der Waals surface area contributed by atoms with Crippen LogP contribution in [0.4, 0.5) is 0 Å². The Morgan fingerprint density at radius 3 is 2.74 bits per heavy atom. The van der Waals surface area contributed by atoms with Crippen LogP contribution in [0.15, 0.2) is 22.8 Å². The Bertz CT molecular complexity index is 362. The van der Waals surface area contributed by atoms with Gasteiger partial charge in [-0.25, -0.2) is 0 Å². The molecular weight excluding hydrogens is 236 g/mol. The predicted molar refractivity (Wildman–Crippen MR) is 77.0 cm³/mol. The van der Waals surface area contributed by atoms with E-state index in [0.717, 1.165) is 30.4 Å². The van der Waals surface area contributed by atoms with Crippen LogP contribution >= 0.6 is 0 Å². The van der Waals surface area contributed by atoms with Gasteiger partial charge in [-0.05, 0) is 50.8 Å². The first-order valence-corrected chi connectivity index (χ1v) is 7.88. The number of hydrogen-bond acceptors (Lipinski definition) is 3. The Kier molecular flexibility index (Phi) is 4.24. The summed E-state index contributed by atoms with van der Waals surface area (Å²) in [6.45, 7) is 4.42. The molecule has 2 fully saturated rings. The van der Waals surface area contributed by atoms with Gasteiger partial charge in [-0.15, -0.1) is 0 Å². The summed E-state index contributed by atoms with van der Waals surface area (Å²) in [5, 5.41) is 3.73. The maximum Gasteiger partial charge on any atom is 0.117 e. The number of piperidine rings is 2. The fourth-order valence-electron chi connectivity index (χ4n) is 3.83. The maximum absolute atomic E-state index is 5.54. The molecule has 2 atom stereocenters. The van der Waals surface area contributed by atoms with E-state index >= 15 is 0 Å². The summed E-state index contributed by atoms with van der Waals surface area (Å²) < 4.78 is 5.54. The van der Waals surface area contributed by atoms with Gasteiger partial charge in [0.15, 0.2) is 0 Å². The molecule has 2 aliphatic heterocycles. The molecule has 106 valence electrons. The van der Waals surface area contributed by atoms with Crippen LogP contribution in [0.1, 0.15) is 51.2 Å². The first kappa shape index (κ1) is 13.2. The first-order valence-electron chi connectivity index (χ1n) is 7.88. The van der Waals surface area contributed by atoms with Crippen molar-refractivity contribution in [3.05, 3.63) is 24.2 Å². The summed E-state index contributed by atoms with van der Waals surface area (Å²) in [5.74, 6) is 1.12. The van der Waals surface area contributed by atoms with Crippen molar-refractivity contribution in [1.29, 1.82) is 0 Å². The summed E-state index contributed by atoms with van der Waals surface area (Å²) in [4.78, 5) is 2.70. The minimum atomic E-state index is 0.739. The summed E-state index contributed by atoms with van der Waals surface area (Å²) >= 11 is 0. The van der Waals surface area contributed by atoms with E-state index < -0.39 is 0 Å². The smallest absolute Gasteiger partial charge is 0.117 e. The van der Waals surface area contributed by atoms with Crippen molar-refractivity contribution in [2.24, 2.45) is 0 Å². The van der Waals surface area contributed by atoms with Crippen LogP contribution < -0.4 is 5.32 Å². The lowest BCUT2D eigenvalue weighted by Crippen LogP contribution is -2.55. The van der Waals surface area contributed by atoms with Crippen LogP contribution in [0.3, 0.4) is 0 Å². The fourth-order valence-corrected chi connectivity index (χ4v) is 3.83. The lowest BCUT2D eigenvalue weighted by molar-refractivity contribution is 0.0129. The van der Waals surface area contributed by atoms with Crippen LogP contribution in [0.2, 0.25) is 0 Å². The number of furan rings is 1. The zero-order valence-electron chi connectivity index (χ0n) is 12.0. The third kappa shape index (κ3) is 3.03. The molecule has 3 rings (SSSR count). The second-order valence-electron chi connectivity index (χ2n) is 6.11. The minimum Gasteiger partial charge on any atom is -0.468 e. The largest absolute Gasteiger partial charge is 0.468 e. The Morgan fingerprint density at radius 2 is 2.11 bits per heavy atom. The average molecular weight is 262 g/mol. The van der Waals surface area contributed by atoms with Gasteiger partial charge in [0.25, 0.3) is 0 Å². The molecule has 2 bridgehead atoms. The van der Waals surface area contributed by atoms with Gasteiger partial charge in [0, 0.05) is 18.1 Å². The molecule has 2 unspecified atom stereocenters. The third-order valence-electron chi connectivity index (χ3n) is 4.73. The zero-order valence-corrected chi connectivity index (χ0v) is 12.0. The topological polar surface area (TPSA) is 28.4 Å². The lowest BCUT2D eigenvalue weighted by atomic mass is 9.81. The van der Waals surface area contributed by atoms with Crippen LogP contribution in [-0.2, 0) is 6.54 Å². The second kappa shape index (κ2) is 6.10. The lowest BCUT2D eigenvalue weighted by Gasteiger charge is -2.48. The predicted octanol–water partition coefficient (Wildman–Crippen LogP) is 3.16. The maximum atomic E-state index is 5.54. The van der Waals surface area contributed by atoms with Crippen LogP contribution in [0.5, 0.6) is 0 Å². The van der Waals surface area contributed by atoms with Gasteiger partial charge in [0.2, 0.25) is 0 Å². The summed E-state index contributed by atoms with van der Waals surface area (Å²) in [6, 6.07) is 6.36. The quantitative estimate of drug-likeness (QED) is 0.883. The van der Waals surface area contributed by atoms with Gasteiger partial charge in [-0.1, -0.05) is 13.3 Å². The van der Waals surface area contributed by atoms with E-state index in [2.05, 4.69) is 23.2 Å². The molecule has 0 aliphatic carbocycles. The molecule has 3 nitrogen and oxygen atoms in total. The van der Waals surface area contributed by atoms with Crippen molar-refractivity contribution in [3.63, 3.8) is 0 Å². The molecule has 0 aromatic carbocycles. The number of nitrogens with one attached hydrogen (secondary N) is 1. The molecule has 3 heteroatoms. The van der Waals surface area contributed by atoms with E-state index in [4.69, 9.17) is 4.42 Å². The Labute approximate surface area is 116 Å². The summed E-state index contributed by atoms with van der Waals surface area (Å²) in [5.41, 5.74) is 0. The highest BCUT2D eigenvalue weighted by Crippen LogP contribution is 2.35. The van der Waals surface area contributed by atoms with E-state index in [9.17, 15) is 0 Å². The Hall–Kier alpha value is -0.800. The van der Waals surface area contributed by atoms with E-state index in [0.29, 0.717) is 0 Å². The number of rotatable bonds is 5. The number of nitrogens with zero attached hydrogens (tertiary/aromatic N) is 1. The second-order valence-corrected chi connectivity index (χ2v) is 6.11. The molecule has 0 amide bonds. The van der Waals surface area contributed by atoms with Crippen LogP contribution in [-0.4, -0.2) is 29.6 Å². The fraction of sp³-hybridized carbons (Fsp3) is 0.750. The highest BCUT2D eigenvalue weighted by Gasteiger charge is 2.38.